The van der Waals surface area contributed by atoms with E-state index in [2.05, 4.69) is 25.5 Å². The van der Waals surface area contributed by atoms with Gasteiger partial charge in [0.2, 0.25) is 0 Å². The number of nitrogens with one attached hydrogen (secondary N) is 2. The number of hydrogen-bond donors (Lipinski definition) is 2. The molecule has 1 amide bonds. The van der Waals surface area contributed by atoms with E-state index >= 15 is 0 Å². The van der Waals surface area contributed by atoms with E-state index in [1.807, 2.05) is 24.3 Å². The number of pyridine rings is 2. The van der Waals surface area contributed by atoms with Crippen molar-refractivity contribution >= 4 is 40.7 Å². The number of esters is 1. The first-order valence-corrected chi connectivity index (χ1v) is 11.5. The zero-order valence-electron chi connectivity index (χ0n) is 18.8. The maximum Gasteiger partial charge on any atom is 0.356 e. The molecule has 0 spiro atoms. The number of rotatable bonds is 7. The molecule has 0 radical (unpaired) electrons. The molecular formula is C25H26ClN5O3. The van der Waals surface area contributed by atoms with E-state index in [-0.39, 0.29) is 5.91 Å². The van der Waals surface area contributed by atoms with Gasteiger partial charge in [0.05, 0.1) is 17.7 Å². The van der Waals surface area contributed by atoms with Crippen LogP contribution in [0.5, 0.6) is 0 Å². The molecule has 3 aromatic rings. The molecule has 0 saturated carbocycles. The highest BCUT2D eigenvalue weighted by Gasteiger charge is 2.21. The van der Waals surface area contributed by atoms with Crippen molar-refractivity contribution in [3.63, 3.8) is 0 Å². The second kappa shape index (κ2) is 11.0. The number of piperidine rings is 1. The zero-order chi connectivity index (χ0) is 23.9. The number of nitrogens with zero attached hydrogens (tertiary/aromatic N) is 3. The molecule has 34 heavy (non-hydrogen) atoms. The molecule has 1 fully saturated rings. The Morgan fingerprint density at radius 3 is 2.65 bits per heavy atom. The minimum atomic E-state index is -0.435. The van der Waals surface area contributed by atoms with Crippen LogP contribution in [0.2, 0.25) is 5.02 Å². The number of amides is 1. The van der Waals surface area contributed by atoms with Gasteiger partial charge in [-0.05, 0) is 55.2 Å². The number of carbonyl (C=O) groups excluding carboxylic acids is 2. The Balaban J connectivity index is 1.32. The van der Waals surface area contributed by atoms with Crippen molar-refractivity contribution in [2.75, 3.05) is 42.3 Å². The average molecular weight is 480 g/mol. The number of aromatic nitrogens is 2. The van der Waals surface area contributed by atoms with Crippen molar-refractivity contribution in [1.29, 1.82) is 0 Å². The Morgan fingerprint density at radius 1 is 1.12 bits per heavy atom. The smallest absolute Gasteiger partial charge is 0.356 e. The van der Waals surface area contributed by atoms with Crippen molar-refractivity contribution in [3.8, 4) is 0 Å². The topological polar surface area (TPSA) is 96.5 Å². The van der Waals surface area contributed by atoms with Crippen molar-refractivity contribution in [2.24, 2.45) is 5.92 Å². The van der Waals surface area contributed by atoms with Gasteiger partial charge in [-0.1, -0.05) is 23.7 Å². The number of hydrogen-bond acceptors (Lipinski definition) is 7. The normalized spacial score (nSPS) is 13.9. The Kier molecular flexibility index (Phi) is 7.59. The first-order valence-electron chi connectivity index (χ1n) is 11.1. The molecule has 4 rings (SSSR count). The SMILES string of the molecule is COC(=O)c1cc(N2CCC(CNc3ccccc3C(=O)Nc3ccc(Cl)cn3)CC2)ccn1. The summed E-state index contributed by atoms with van der Waals surface area (Å²) < 4.78 is 4.77. The van der Waals surface area contributed by atoms with Crippen molar-refractivity contribution in [3.05, 3.63) is 77.2 Å². The fourth-order valence-corrected chi connectivity index (χ4v) is 4.06. The standard InChI is InChI=1S/C25H26ClN5O3/c1-34-25(33)22-14-19(8-11-27-22)31-12-9-17(10-13-31)15-28-21-5-3-2-4-20(21)24(32)30-23-7-6-18(26)16-29-23/h2-8,11,14,16-17,28H,9-10,12-13,15H2,1H3,(H,29,30,32). The summed E-state index contributed by atoms with van der Waals surface area (Å²) in [4.78, 5) is 35.0. The summed E-state index contributed by atoms with van der Waals surface area (Å²) in [5.74, 6) is 0.248. The molecule has 0 atom stereocenters. The summed E-state index contributed by atoms with van der Waals surface area (Å²) in [6, 6.07) is 14.5. The fraction of sp³-hybridized carbons (Fsp3) is 0.280. The van der Waals surface area contributed by atoms with Crippen LogP contribution in [0.3, 0.4) is 0 Å². The van der Waals surface area contributed by atoms with Crippen LogP contribution in [0.25, 0.3) is 0 Å². The molecule has 0 unspecified atom stereocenters. The lowest BCUT2D eigenvalue weighted by atomic mass is 9.96. The van der Waals surface area contributed by atoms with Gasteiger partial charge in [0.15, 0.2) is 0 Å². The maximum atomic E-state index is 12.8. The Morgan fingerprint density at radius 2 is 1.91 bits per heavy atom. The molecule has 2 N–H and O–H groups in total. The van der Waals surface area contributed by atoms with Gasteiger partial charge in [-0.2, -0.15) is 0 Å². The molecule has 176 valence electrons. The highest BCUT2D eigenvalue weighted by molar-refractivity contribution is 6.30. The van der Waals surface area contributed by atoms with Gasteiger partial charge in [-0.3, -0.25) is 4.79 Å². The second-order valence-electron chi connectivity index (χ2n) is 8.06. The van der Waals surface area contributed by atoms with E-state index in [4.69, 9.17) is 16.3 Å². The number of anilines is 3. The van der Waals surface area contributed by atoms with Gasteiger partial charge < -0.3 is 20.3 Å². The largest absolute Gasteiger partial charge is 0.464 e. The van der Waals surface area contributed by atoms with Gasteiger partial charge in [0.1, 0.15) is 11.5 Å². The third-order valence-corrected chi connectivity index (χ3v) is 6.06. The lowest BCUT2D eigenvalue weighted by molar-refractivity contribution is 0.0594. The van der Waals surface area contributed by atoms with Crippen LogP contribution >= 0.6 is 11.6 Å². The fourth-order valence-electron chi connectivity index (χ4n) is 3.95. The summed E-state index contributed by atoms with van der Waals surface area (Å²) in [7, 11) is 1.35. The maximum absolute atomic E-state index is 12.8. The van der Waals surface area contributed by atoms with Crippen LogP contribution in [0.4, 0.5) is 17.2 Å². The van der Waals surface area contributed by atoms with E-state index < -0.39 is 5.97 Å². The van der Waals surface area contributed by atoms with E-state index in [1.54, 1.807) is 30.5 Å². The summed E-state index contributed by atoms with van der Waals surface area (Å²) in [6.45, 7) is 2.52. The average Bonchev–Trinajstić information content (AvgIpc) is 2.89. The van der Waals surface area contributed by atoms with Crippen LogP contribution in [-0.4, -0.2) is 48.6 Å². The van der Waals surface area contributed by atoms with Crippen molar-refractivity contribution in [1.82, 2.24) is 9.97 Å². The van der Waals surface area contributed by atoms with Crippen LogP contribution in [0, 0.1) is 5.92 Å². The first-order chi connectivity index (χ1) is 16.5. The molecule has 1 aliphatic heterocycles. The molecule has 1 saturated heterocycles. The van der Waals surface area contributed by atoms with Crippen molar-refractivity contribution in [2.45, 2.75) is 12.8 Å². The number of halogens is 1. The lowest BCUT2D eigenvalue weighted by Crippen LogP contribution is -2.36. The second-order valence-corrected chi connectivity index (χ2v) is 8.50. The van der Waals surface area contributed by atoms with E-state index in [0.29, 0.717) is 28.0 Å². The Bertz CT molecular complexity index is 1150. The van der Waals surface area contributed by atoms with Crippen LogP contribution < -0.4 is 15.5 Å². The molecule has 0 bridgehead atoms. The van der Waals surface area contributed by atoms with Gasteiger partial charge in [-0.25, -0.2) is 14.8 Å². The predicted molar refractivity (Wildman–Crippen MR) is 133 cm³/mol. The molecule has 1 aromatic carbocycles. The third kappa shape index (κ3) is 5.82. The summed E-state index contributed by atoms with van der Waals surface area (Å²) in [5, 5.41) is 6.78. The predicted octanol–water partition coefficient (Wildman–Crippen LogP) is 4.50. The van der Waals surface area contributed by atoms with Crippen LogP contribution in [0.1, 0.15) is 33.7 Å². The van der Waals surface area contributed by atoms with Crippen molar-refractivity contribution < 1.29 is 14.3 Å². The Labute approximate surface area is 203 Å². The van der Waals surface area contributed by atoms with Gasteiger partial charge >= 0.3 is 5.97 Å². The molecule has 8 nitrogen and oxygen atoms in total. The quantitative estimate of drug-likeness (QED) is 0.481. The number of carbonyl (C=O) groups is 2. The van der Waals surface area contributed by atoms with Gasteiger partial charge in [0, 0.05) is 43.4 Å². The van der Waals surface area contributed by atoms with E-state index in [0.717, 1.165) is 43.9 Å². The molecule has 1 aliphatic rings. The number of ether oxygens (including phenoxy) is 1. The number of para-hydroxylation sites is 1. The highest BCUT2D eigenvalue weighted by atomic mass is 35.5. The third-order valence-electron chi connectivity index (χ3n) is 5.84. The molecule has 2 aromatic heterocycles. The summed E-state index contributed by atoms with van der Waals surface area (Å²) >= 11 is 5.87. The number of methoxy groups -OCH3 is 1. The lowest BCUT2D eigenvalue weighted by Gasteiger charge is -2.34. The minimum absolute atomic E-state index is 0.230. The minimum Gasteiger partial charge on any atom is -0.464 e. The summed E-state index contributed by atoms with van der Waals surface area (Å²) in [5.41, 5.74) is 2.63. The van der Waals surface area contributed by atoms with E-state index in [1.165, 1.54) is 13.3 Å². The van der Waals surface area contributed by atoms with Gasteiger partial charge in [-0.15, -0.1) is 0 Å². The van der Waals surface area contributed by atoms with Gasteiger partial charge in [0.25, 0.3) is 5.91 Å². The summed E-state index contributed by atoms with van der Waals surface area (Å²) in [6.07, 6.45) is 5.12. The van der Waals surface area contributed by atoms with Crippen LogP contribution in [-0.2, 0) is 4.74 Å². The van der Waals surface area contributed by atoms with Crippen LogP contribution in [0.15, 0.2) is 60.9 Å². The molecule has 0 aliphatic carbocycles. The Hall–Kier alpha value is -3.65. The monoisotopic (exact) mass is 479 g/mol. The number of benzene rings is 1. The zero-order valence-corrected chi connectivity index (χ0v) is 19.6. The molecular weight excluding hydrogens is 454 g/mol. The molecule has 3 heterocycles. The van der Waals surface area contributed by atoms with E-state index in [9.17, 15) is 9.59 Å². The highest BCUT2D eigenvalue weighted by Crippen LogP contribution is 2.25. The first kappa shape index (κ1) is 23.5. The molecule has 9 heteroatoms.